The first-order valence-electron chi connectivity index (χ1n) is 4.58. The molecule has 0 saturated carbocycles. The van der Waals surface area contributed by atoms with E-state index in [1.54, 1.807) is 4.72 Å². The van der Waals surface area contributed by atoms with E-state index >= 15 is 0 Å². The van der Waals surface area contributed by atoms with Crippen LogP contribution >= 0.6 is 0 Å². The van der Waals surface area contributed by atoms with Crippen molar-refractivity contribution in [3.63, 3.8) is 0 Å². The van der Waals surface area contributed by atoms with Gasteiger partial charge < -0.3 is 5.11 Å². The van der Waals surface area contributed by atoms with Gasteiger partial charge in [-0.2, -0.15) is 0 Å². The van der Waals surface area contributed by atoms with Gasteiger partial charge in [0.2, 0.25) is 10.9 Å². The van der Waals surface area contributed by atoms with E-state index in [4.69, 9.17) is 5.11 Å². The smallest absolute Gasteiger partial charge is 0.321 e. The van der Waals surface area contributed by atoms with Crippen LogP contribution in [0.5, 0.6) is 0 Å². The Bertz CT molecular complexity index is 381. The van der Waals surface area contributed by atoms with Crippen LogP contribution in [0, 0.1) is 6.92 Å². The summed E-state index contributed by atoms with van der Waals surface area (Å²) in [7, 11) is -2.80. The van der Waals surface area contributed by atoms with Crippen LogP contribution in [0.3, 0.4) is 0 Å². The molecule has 0 aliphatic rings. The van der Waals surface area contributed by atoms with Gasteiger partial charge in [0.25, 0.3) is 0 Å². The first-order chi connectivity index (χ1) is 7.43. The summed E-state index contributed by atoms with van der Waals surface area (Å²) in [6.45, 7) is 3.33. The van der Waals surface area contributed by atoms with Crippen molar-refractivity contribution in [1.29, 1.82) is 0 Å². The Morgan fingerprint density at radius 1 is 1.31 bits per heavy atom. The molecule has 1 aromatic rings. The minimum atomic E-state index is -2.80. The first kappa shape index (κ1) is 14.6. The van der Waals surface area contributed by atoms with Crippen LogP contribution in [0.1, 0.15) is 12.5 Å². The van der Waals surface area contributed by atoms with Crippen molar-refractivity contribution >= 4 is 16.9 Å². The SMILES string of the molecule is CC(N[SH](=O)=O)C(=O)O.Cc1ccccc1. The summed E-state index contributed by atoms with van der Waals surface area (Å²) in [4.78, 5) is 9.90. The van der Waals surface area contributed by atoms with E-state index in [1.165, 1.54) is 12.5 Å². The molecular weight excluding hydrogens is 230 g/mol. The molecule has 0 bridgehead atoms. The van der Waals surface area contributed by atoms with Crippen LogP contribution in [0.4, 0.5) is 0 Å². The standard InChI is InChI=1S/C7H8.C3H7NO4S/c1-7-5-3-2-4-6-7;1-2(3(5)6)4-9(7)8/h2-6H,1H3;2,9H,1H3,(H,5,6)(H,4,7,8). The summed E-state index contributed by atoms with van der Waals surface area (Å²) in [5.74, 6) is -1.19. The lowest BCUT2D eigenvalue weighted by molar-refractivity contribution is -0.138. The molecule has 16 heavy (non-hydrogen) atoms. The Balaban J connectivity index is 0.000000288. The minimum Gasteiger partial charge on any atom is -0.480 e. The van der Waals surface area contributed by atoms with Crippen molar-refractivity contribution in [3.8, 4) is 0 Å². The predicted octanol–water partition coefficient (Wildman–Crippen LogP) is 0.571. The summed E-state index contributed by atoms with van der Waals surface area (Å²) in [6, 6.07) is 9.23. The van der Waals surface area contributed by atoms with Crippen LogP contribution in [-0.4, -0.2) is 25.5 Å². The Kier molecular flexibility index (Phi) is 7.15. The zero-order valence-corrected chi connectivity index (χ0v) is 9.98. The molecule has 0 aliphatic carbocycles. The molecule has 1 unspecified atom stereocenters. The minimum absolute atomic E-state index is 1.04. The van der Waals surface area contributed by atoms with Gasteiger partial charge in [-0.05, 0) is 13.8 Å². The van der Waals surface area contributed by atoms with Gasteiger partial charge in [0.1, 0.15) is 6.04 Å². The Morgan fingerprint density at radius 2 is 1.81 bits per heavy atom. The van der Waals surface area contributed by atoms with E-state index in [1.807, 2.05) is 18.2 Å². The van der Waals surface area contributed by atoms with Gasteiger partial charge in [0, 0.05) is 0 Å². The van der Waals surface area contributed by atoms with Crippen LogP contribution in [0.25, 0.3) is 0 Å². The van der Waals surface area contributed by atoms with Gasteiger partial charge in [-0.25, -0.2) is 13.1 Å². The van der Waals surface area contributed by atoms with Gasteiger partial charge >= 0.3 is 5.97 Å². The van der Waals surface area contributed by atoms with E-state index < -0.39 is 22.9 Å². The third-order valence-corrected chi connectivity index (χ3v) is 2.21. The number of hydrogen-bond acceptors (Lipinski definition) is 3. The van der Waals surface area contributed by atoms with E-state index in [0.717, 1.165) is 0 Å². The molecule has 0 aliphatic heterocycles. The van der Waals surface area contributed by atoms with Gasteiger partial charge in [-0.1, -0.05) is 35.9 Å². The summed E-state index contributed by atoms with van der Waals surface area (Å²) in [5.41, 5.74) is 1.32. The number of hydrogen-bond donors (Lipinski definition) is 3. The zero-order chi connectivity index (χ0) is 12.6. The molecule has 0 heterocycles. The molecule has 0 aromatic heterocycles. The second-order valence-corrected chi connectivity index (χ2v) is 3.87. The van der Waals surface area contributed by atoms with Gasteiger partial charge in [0.05, 0.1) is 0 Å². The normalized spacial score (nSPS) is 11.4. The van der Waals surface area contributed by atoms with Crippen molar-refractivity contribution < 1.29 is 18.3 Å². The second kappa shape index (κ2) is 7.84. The monoisotopic (exact) mass is 245 g/mol. The lowest BCUT2D eigenvalue weighted by Crippen LogP contribution is -2.32. The van der Waals surface area contributed by atoms with Crippen molar-refractivity contribution in [2.24, 2.45) is 0 Å². The van der Waals surface area contributed by atoms with Crippen LogP contribution < -0.4 is 4.72 Å². The maximum absolute atomic E-state index is 9.90. The van der Waals surface area contributed by atoms with E-state index in [2.05, 4.69) is 19.1 Å². The third-order valence-electron chi connectivity index (χ3n) is 1.61. The van der Waals surface area contributed by atoms with Crippen molar-refractivity contribution in [3.05, 3.63) is 35.9 Å². The fourth-order valence-electron chi connectivity index (χ4n) is 0.748. The third kappa shape index (κ3) is 7.95. The summed E-state index contributed by atoms with van der Waals surface area (Å²) >= 11 is 0. The van der Waals surface area contributed by atoms with Gasteiger partial charge in [-0.15, -0.1) is 0 Å². The van der Waals surface area contributed by atoms with Gasteiger partial charge in [-0.3, -0.25) is 4.79 Å². The van der Waals surface area contributed by atoms with E-state index in [-0.39, 0.29) is 0 Å². The fourth-order valence-corrected chi connectivity index (χ4v) is 1.17. The second-order valence-electron chi connectivity index (χ2n) is 3.10. The van der Waals surface area contributed by atoms with Crippen LogP contribution in [0.2, 0.25) is 0 Å². The van der Waals surface area contributed by atoms with Gasteiger partial charge in [0.15, 0.2) is 0 Å². The summed E-state index contributed by atoms with van der Waals surface area (Å²) < 4.78 is 21.3. The molecular formula is C10H15NO4S. The molecule has 1 atom stereocenters. The molecule has 5 nitrogen and oxygen atoms in total. The Morgan fingerprint density at radius 3 is 2.00 bits per heavy atom. The molecule has 1 rings (SSSR count). The van der Waals surface area contributed by atoms with E-state index in [0.29, 0.717) is 0 Å². The number of rotatable bonds is 3. The maximum Gasteiger partial charge on any atom is 0.321 e. The quantitative estimate of drug-likeness (QED) is 0.680. The van der Waals surface area contributed by atoms with Crippen molar-refractivity contribution in [2.45, 2.75) is 19.9 Å². The largest absolute Gasteiger partial charge is 0.480 e. The average Bonchev–Trinajstić information content (AvgIpc) is 2.18. The number of carboxylic acid groups (broad SMARTS) is 1. The predicted molar refractivity (Wildman–Crippen MR) is 61.7 cm³/mol. The molecule has 0 amide bonds. The molecule has 0 spiro atoms. The zero-order valence-electron chi connectivity index (χ0n) is 9.08. The molecule has 1 aromatic carbocycles. The average molecular weight is 245 g/mol. The number of aliphatic carboxylic acids is 1. The van der Waals surface area contributed by atoms with Crippen LogP contribution in [-0.2, 0) is 15.7 Å². The topological polar surface area (TPSA) is 83.5 Å². The molecule has 0 fully saturated rings. The number of carboxylic acids is 1. The van der Waals surface area contributed by atoms with Crippen LogP contribution in [0.15, 0.2) is 30.3 Å². The highest BCUT2D eigenvalue weighted by Crippen LogP contribution is 1.92. The maximum atomic E-state index is 9.90. The first-order valence-corrected chi connectivity index (χ1v) is 5.76. The number of nitrogens with one attached hydrogen (secondary N) is 1. The number of benzene rings is 1. The Hall–Kier alpha value is -1.40. The molecule has 6 heteroatoms. The highest BCUT2D eigenvalue weighted by molar-refractivity contribution is 7.70. The highest BCUT2D eigenvalue weighted by Gasteiger charge is 2.08. The summed E-state index contributed by atoms with van der Waals surface area (Å²) in [5, 5.41) is 8.10. The van der Waals surface area contributed by atoms with E-state index in [9.17, 15) is 13.2 Å². The number of aryl methyl sites for hydroxylation is 1. The molecule has 0 radical (unpaired) electrons. The van der Waals surface area contributed by atoms with Crippen molar-refractivity contribution in [2.75, 3.05) is 0 Å². The molecule has 90 valence electrons. The number of carbonyl (C=O) groups is 1. The Labute approximate surface area is 96.2 Å². The number of thiol groups is 1. The van der Waals surface area contributed by atoms with Crippen molar-refractivity contribution in [1.82, 2.24) is 4.72 Å². The molecule has 2 N–H and O–H groups in total. The summed E-state index contributed by atoms with van der Waals surface area (Å²) in [6.07, 6.45) is 0. The lowest BCUT2D eigenvalue weighted by atomic mass is 10.2. The highest BCUT2D eigenvalue weighted by atomic mass is 32.2. The fraction of sp³-hybridized carbons (Fsp3) is 0.300. The lowest BCUT2D eigenvalue weighted by Gasteiger charge is -1.99. The molecule has 0 saturated heterocycles.